The topological polar surface area (TPSA) is 53.1 Å². The average Bonchev–Trinajstić information content (AvgIpc) is 2.68. The first-order chi connectivity index (χ1) is 12.6. The molecule has 0 radical (unpaired) electrons. The van der Waals surface area contributed by atoms with Gasteiger partial charge in [-0.25, -0.2) is 4.79 Å². The summed E-state index contributed by atoms with van der Waals surface area (Å²) in [7, 11) is 0. The van der Waals surface area contributed by atoms with Crippen LogP contribution in [0.4, 0.5) is 4.79 Å². The van der Waals surface area contributed by atoms with Gasteiger partial charge in [-0.05, 0) is 38.0 Å². The first kappa shape index (κ1) is 20.1. The summed E-state index contributed by atoms with van der Waals surface area (Å²) in [5.41, 5.74) is 1.28. The molecule has 1 saturated heterocycles. The molecule has 0 aromatic heterocycles. The fourth-order valence-corrected chi connectivity index (χ4v) is 3.12. The summed E-state index contributed by atoms with van der Waals surface area (Å²) < 4.78 is 5.62. The highest BCUT2D eigenvalue weighted by molar-refractivity contribution is 5.79. The van der Waals surface area contributed by atoms with Crippen molar-refractivity contribution in [1.82, 2.24) is 14.7 Å². The quantitative estimate of drug-likeness (QED) is 0.750. The van der Waals surface area contributed by atoms with Gasteiger partial charge in [-0.1, -0.05) is 25.5 Å². The fraction of sp³-hybridized carbons (Fsp3) is 0.600. The summed E-state index contributed by atoms with van der Waals surface area (Å²) >= 11 is 0. The molecular weight excluding hydrogens is 330 g/mol. The number of aryl methyl sites for hydroxylation is 1. The Labute approximate surface area is 156 Å². The molecule has 6 heteroatoms. The van der Waals surface area contributed by atoms with Crippen LogP contribution in [0.15, 0.2) is 24.3 Å². The molecule has 0 saturated carbocycles. The van der Waals surface area contributed by atoms with Gasteiger partial charge >= 0.3 is 6.03 Å². The molecule has 6 nitrogen and oxygen atoms in total. The third kappa shape index (κ3) is 5.38. The van der Waals surface area contributed by atoms with Crippen LogP contribution in [0.1, 0.15) is 32.8 Å². The van der Waals surface area contributed by atoms with Crippen LogP contribution in [0, 0.1) is 0 Å². The number of rotatable bonds is 7. The fourth-order valence-electron chi connectivity index (χ4n) is 3.12. The van der Waals surface area contributed by atoms with Crippen molar-refractivity contribution in [1.29, 1.82) is 0 Å². The van der Waals surface area contributed by atoms with Gasteiger partial charge in [0.2, 0.25) is 0 Å². The predicted octanol–water partition coefficient (Wildman–Crippen LogP) is 2.62. The van der Waals surface area contributed by atoms with Crippen molar-refractivity contribution in [3.63, 3.8) is 0 Å². The molecule has 0 atom stereocenters. The molecule has 3 amide bonds. The minimum atomic E-state index is -0.0300. The summed E-state index contributed by atoms with van der Waals surface area (Å²) in [6.45, 7) is 9.84. The molecule has 0 unspecified atom stereocenters. The van der Waals surface area contributed by atoms with Crippen LogP contribution in [-0.4, -0.2) is 72.5 Å². The summed E-state index contributed by atoms with van der Waals surface area (Å²) in [5, 5.41) is 0. The van der Waals surface area contributed by atoms with E-state index in [1.54, 1.807) is 4.90 Å². The minimum Gasteiger partial charge on any atom is -0.484 e. The zero-order valence-corrected chi connectivity index (χ0v) is 16.2. The zero-order chi connectivity index (χ0) is 18.9. The number of hydrogen-bond donors (Lipinski definition) is 0. The van der Waals surface area contributed by atoms with E-state index in [9.17, 15) is 9.59 Å². The van der Waals surface area contributed by atoms with Gasteiger partial charge in [0, 0.05) is 39.3 Å². The minimum absolute atomic E-state index is 0.0300. The van der Waals surface area contributed by atoms with Gasteiger partial charge in [0.1, 0.15) is 5.75 Å². The lowest BCUT2D eigenvalue weighted by molar-refractivity contribution is -0.134. The lowest BCUT2D eigenvalue weighted by Crippen LogP contribution is -2.54. The molecule has 1 aliphatic heterocycles. The summed E-state index contributed by atoms with van der Waals surface area (Å²) in [4.78, 5) is 30.1. The Morgan fingerprint density at radius 2 is 1.54 bits per heavy atom. The Morgan fingerprint density at radius 1 is 0.962 bits per heavy atom. The molecule has 1 fully saturated rings. The molecule has 0 aliphatic carbocycles. The third-order valence-electron chi connectivity index (χ3n) is 4.76. The largest absolute Gasteiger partial charge is 0.484 e. The number of carbonyl (C=O) groups excluding carboxylic acids is 2. The molecule has 0 spiro atoms. The maximum atomic E-state index is 12.4. The normalized spacial score (nSPS) is 14.3. The molecule has 1 aliphatic rings. The molecule has 1 aromatic rings. The van der Waals surface area contributed by atoms with Crippen LogP contribution in [0.5, 0.6) is 5.75 Å². The van der Waals surface area contributed by atoms with Gasteiger partial charge in [-0.2, -0.15) is 0 Å². The van der Waals surface area contributed by atoms with E-state index >= 15 is 0 Å². The second-order valence-electron chi connectivity index (χ2n) is 6.51. The second kappa shape index (κ2) is 10.0. The lowest BCUT2D eigenvalue weighted by atomic mass is 10.1. The van der Waals surface area contributed by atoms with Gasteiger partial charge < -0.3 is 19.4 Å². The Kier molecular flexibility index (Phi) is 7.75. The van der Waals surface area contributed by atoms with E-state index in [0.717, 1.165) is 12.8 Å². The molecule has 1 heterocycles. The molecule has 2 rings (SSSR count). The van der Waals surface area contributed by atoms with Crippen LogP contribution in [-0.2, 0) is 11.2 Å². The highest BCUT2D eigenvalue weighted by Crippen LogP contribution is 2.14. The van der Waals surface area contributed by atoms with E-state index in [4.69, 9.17) is 4.74 Å². The Morgan fingerprint density at radius 3 is 2.08 bits per heavy atom. The summed E-state index contributed by atoms with van der Waals surface area (Å²) in [6.07, 6.45) is 2.16. The van der Waals surface area contributed by atoms with Gasteiger partial charge in [0.25, 0.3) is 5.91 Å². The number of benzene rings is 1. The second-order valence-corrected chi connectivity index (χ2v) is 6.51. The van der Waals surface area contributed by atoms with E-state index in [2.05, 4.69) is 6.92 Å². The molecule has 144 valence electrons. The van der Waals surface area contributed by atoms with E-state index in [1.807, 2.05) is 47.9 Å². The SMILES string of the molecule is CCCc1ccc(OCC(=O)N2CCN(C(=O)N(CC)CC)CC2)cc1. The van der Waals surface area contributed by atoms with Crippen molar-refractivity contribution in [2.24, 2.45) is 0 Å². The van der Waals surface area contributed by atoms with Crippen molar-refractivity contribution < 1.29 is 14.3 Å². The van der Waals surface area contributed by atoms with E-state index in [1.165, 1.54) is 5.56 Å². The van der Waals surface area contributed by atoms with E-state index in [-0.39, 0.29) is 18.5 Å². The predicted molar refractivity (Wildman–Crippen MR) is 102 cm³/mol. The van der Waals surface area contributed by atoms with Crippen molar-refractivity contribution in [3.05, 3.63) is 29.8 Å². The van der Waals surface area contributed by atoms with Crippen molar-refractivity contribution in [2.45, 2.75) is 33.6 Å². The standard InChI is InChI=1S/C20H31N3O3/c1-4-7-17-8-10-18(11-9-17)26-16-19(24)22-12-14-23(15-13-22)20(25)21(5-2)6-3/h8-11H,4-7,12-16H2,1-3H3. The number of urea groups is 1. The molecule has 1 aromatic carbocycles. The van der Waals surface area contributed by atoms with Gasteiger partial charge in [-0.15, -0.1) is 0 Å². The molecule has 0 N–H and O–H groups in total. The van der Waals surface area contributed by atoms with Crippen LogP contribution >= 0.6 is 0 Å². The van der Waals surface area contributed by atoms with Crippen LogP contribution in [0.2, 0.25) is 0 Å². The number of nitrogens with zero attached hydrogens (tertiary/aromatic N) is 3. The van der Waals surface area contributed by atoms with Gasteiger partial charge in [0.15, 0.2) is 6.61 Å². The van der Waals surface area contributed by atoms with Gasteiger partial charge in [0.05, 0.1) is 0 Å². The maximum absolute atomic E-state index is 12.4. The van der Waals surface area contributed by atoms with Gasteiger partial charge in [-0.3, -0.25) is 4.79 Å². The number of carbonyl (C=O) groups is 2. The maximum Gasteiger partial charge on any atom is 0.320 e. The molecular formula is C20H31N3O3. The summed E-state index contributed by atoms with van der Waals surface area (Å²) in [5.74, 6) is 0.686. The zero-order valence-electron chi connectivity index (χ0n) is 16.2. The van der Waals surface area contributed by atoms with Crippen LogP contribution in [0.25, 0.3) is 0 Å². The monoisotopic (exact) mass is 361 g/mol. The highest BCUT2D eigenvalue weighted by atomic mass is 16.5. The Bertz CT molecular complexity index is 576. The Balaban J connectivity index is 1.76. The smallest absolute Gasteiger partial charge is 0.320 e. The van der Waals surface area contributed by atoms with Crippen LogP contribution in [0.3, 0.4) is 0 Å². The first-order valence-corrected chi connectivity index (χ1v) is 9.62. The number of hydrogen-bond acceptors (Lipinski definition) is 3. The first-order valence-electron chi connectivity index (χ1n) is 9.62. The average molecular weight is 361 g/mol. The lowest BCUT2D eigenvalue weighted by Gasteiger charge is -2.37. The van der Waals surface area contributed by atoms with Crippen molar-refractivity contribution in [3.8, 4) is 5.75 Å². The van der Waals surface area contributed by atoms with E-state index < -0.39 is 0 Å². The van der Waals surface area contributed by atoms with Crippen molar-refractivity contribution >= 4 is 11.9 Å². The van der Waals surface area contributed by atoms with Crippen molar-refractivity contribution in [2.75, 3.05) is 45.9 Å². The Hall–Kier alpha value is -2.24. The third-order valence-corrected chi connectivity index (χ3v) is 4.76. The molecule has 0 bridgehead atoms. The number of amides is 3. The summed E-state index contributed by atoms with van der Waals surface area (Å²) in [6, 6.07) is 7.98. The highest BCUT2D eigenvalue weighted by Gasteiger charge is 2.26. The number of ether oxygens (including phenoxy) is 1. The molecule has 26 heavy (non-hydrogen) atoms. The van der Waals surface area contributed by atoms with E-state index in [0.29, 0.717) is 45.0 Å². The van der Waals surface area contributed by atoms with Crippen LogP contribution < -0.4 is 4.74 Å². The number of piperazine rings is 1.